The summed E-state index contributed by atoms with van der Waals surface area (Å²) >= 11 is 12.2. The minimum atomic E-state index is 0.0204. The summed E-state index contributed by atoms with van der Waals surface area (Å²) in [6.45, 7) is 6.84. The highest BCUT2D eigenvalue weighted by Crippen LogP contribution is 2.22. The van der Waals surface area contributed by atoms with Crippen molar-refractivity contribution < 1.29 is 4.79 Å². The fourth-order valence-electron chi connectivity index (χ4n) is 3.31. The first kappa shape index (κ1) is 20.2. The van der Waals surface area contributed by atoms with E-state index >= 15 is 0 Å². The van der Waals surface area contributed by atoms with Gasteiger partial charge >= 0.3 is 0 Å². The zero-order valence-corrected chi connectivity index (χ0v) is 17.0. The molecule has 1 atom stereocenters. The summed E-state index contributed by atoms with van der Waals surface area (Å²) in [5.41, 5.74) is 2.21. The second-order valence-corrected chi connectivity index (χ2v) is 7.83. The third-order valence-corrected chi connectivity index (χ3v) is 5.51. The molecule has 27 heavy (non-hydrogen) atoms. The maximum atomic E-state index is 12.3. The predicted octanol–water partition coefficient (Wildman–Crippen LogP) is 3.99. The second kappa shape index (κ2) is 9.56. The largest absolute Gasteiger partial charge is 0.348 e. The molecule has 0 aliphatic carbocycles. The molecule has 1 aliphatic heterocycles. The molecule has 6 heteroatoms. The molecule has 1 unspecified atom stereocenters. The number of rotatable bonds is 6. The lowest BCUT2D eigenvalue weighted by Crippen LogP contribution is -2.49. The van der Waals surface area contributed by atoms with Crippen molar-refractivity contribution in [2.24, 2.45) is 0 Å². The van der Waals surface area contributed by atoms with Crippen molar-refractivity contribution in [2.45, 2.75) is 19.5 Å². The molecule has 0 radical (unpaired) electrons. The third-order valence-electron chi connectivity index (χ3n) is 4.92. The maximum Gasteiger partial charge on any atom is 0.234 e. The Kier molecular flexibility index (Phi) is 7.13. The highest BCUT2D eigenvalue weighted by atomic mass is 35.5. The predicted molar refractivity (Wildman–Crippen MR) is 111 cm³/mol. The molecule has 1 N–H and O–H groups in total. The number of amides is 1. The fraction of sp³-hybridized carbons (Fsp3) is 0.381. The lowest BCUT2D eigenvalue weighted by atomic mass is 10.1. The van der Waals surface area contributed by atoms with Crippen LogP contribution in [0.4, 0.5) is 0 Å². The average Bonchev–Trinajstić information content (AvgIpc) is 2.66. The minimum Gasteiger partial charge on any atom is -0.348 e. The van der Waals surface area contributed by atoms with Crippen LogP contribution in [-0.2, 0) is 11.3 Å². The van der Waals surface area contributed by atoms with Crippen molar-refractivity contribution >= 4 is 29.1 Å². The number of benzene rings is 2. The molecule has 1 aliphatic rings. The van der Waals surface area contributed by atoms with Gasteiger partial charge in [-0.25, -0.2) is 0 Å². The maximum absolute atomic E-state index is 12.3. The summed E-state index contributed by atoms with van der Waals surface area (Å²) in [5.74, 6) is 0.0700. The van der Waals surface area contributed by atoms with Crippen molar-refractivity contribution in [3.05, 3.63) is 69.7 Å². The van der Waals surface area contributed by atoms with E-state index in [1.807, 2.05) is 49.4 Å². The van der Waals surface area contributed by atoms with Gasteiger partial charge in [0.25, 0.3) is 0 Å². The van der Waals surface area contributed by atoms with E-state index in [4.69, 9.17) is 23.2 Å². The molecule has 0 spiro atoms. The third kappa shape index (κ3) is 5.94. The van der Waals surface area contributed by atoms with Crippen LogP contribution < -0.4 is 5.32 Å². The van der Waals surface area contributed by atoms with E-state index in [0.717, 1.165) is 43.9 Å². The number of nitrogens with one attached hydrogen (secondary N) is 1. The zero-order chi connectivity index (χ0) is 19.2. The molecule has 1 heterocycles. The Hall–Kier alpha value is -1.59. The lowest BCUT2D eigenvalue weighted by molar-refractivity contribution is -0.123. The average molecular weight is 406 g/mol. The first-order chi connectivity index (χ1) is 13.0. The van der Waals surface area contributed by atoms with E-state index in [2.05, 4.69) is 15.1 Å². The van der Waals surface area contributed by atoms with Crippen LogP contribution in [0.25, 0.3) is 0 Å². The van der Waals surface area contributed by atoms with Gasteiger partial charge in [0.05, 0.1) is 12.6 Å². The Morgan fingerprint density at radius 2 is 1.70 bits per heavy atom. The number of carbonyl (C=O) groups is 1. The molecule has 2 aromatic rings. The Morgan fingerprint density at radius 3 is 2.37 bits per heavy atom. The molecular formula is C21H25Cl2N3O. The van der Waals surface area contributed by atoms with E-state index in [1.165, 1.54) is 0 Å². The highest BCUT2D eigenvalue weighted by molar-refractivity contribution is 6.35. The summed E-state index contributed by atoms with van der Waals surface area (Å²) in [6.07, 6.45) is 0. The Labute approximate surface area is 171 Å². The molecule has 4 nitrogen and oxygen atoms in total. The van der Waals surface area contributed by atoms with Gasteiger partial charge < -0.3 is 5.32 Å². The van der Waals surface area contributed by atoms with Gasteiger partial charge in [0.1, 0.15) is 0 Å². The molecule has 144 valence electrons. The van der Waals surface area contributed by atoms with Crippen LogP contribution in [0.15, 0.2) is 48.5 Å². The second-order valence-electron chi connectivity index (χ2n) is 6.99. The molecule has 1 amide bonds. The quantitative estimate of drug-likeness (QED) is 0.788. The molecule has 1 fully saturated rings. The highest BCUT2D eigenvalue weighted by Gasteiger charge is 2.20. The number of carbonyl (C=O) groups excluding carboxylic acids is 1. The summed E-state index contributed by atoms with van der Waals surface area (Å²) in [7, 11) is 0. The number of hydrogen-bond donors (Lipinski definition) is 1. The number of hydrogen-bond acceptors (Lipinski definition) is 3. The summed E-state index contributed by atoms with van der Waals surface area (Å²) in [6, 6.07) is 15.7. The number of halogens is 2. The Bertz CT molecular complexity index is 761. The number of nitrogens with zero attached hydrogens (tertiary/aromatic N) is 2. The molecule has 0 aromatic heterocycles. The van der Waals surface area contributed by atoms with E-state index in [-0.39, 0.29) is 11.9 Å². The normalized spacial score (nSPS) is 16.9. The first-order valence-corrected chi connectivity index (χ1v) is 10.00. The van der Waals surface area contributed by atoms with E-state index in [9.17, 15) is 4.79 Å². The van der Waals surface area contributed by atoms with Crippen molar-refractivity contribution in [3.8, 4) is 0 Å². The van der Waals surface area contributed by atoms with Gasteiger partial charge in [-0.15, -0.1) is 0 Å². The monoisotopic (exact) mass is 405 g/mol. The topological polar surface area (TPSA) is 35.6 Å². The minimum absolute atomic E-state index is 0.0204. The summed E-state index contributed by atoms with van der Waals surface area (Å²) < 4.78 is 0. The number of piperazine rings is 1. The van der Waals surface area contributed by atoms with Gasteiger partial charge in [-0.05, 0) is 30.2 Å². The molecule has 2 aromatic carbocycles. The van der Waals surface area contributed by atoms with Crippen molar-refractivity contribution in [3.63, 3.8) is 0 Å². The Balaban J connectivity index is 1.43. The molecule has 0 bridgehead atoms. The van der Waals surface area contributed by atoms with E-state index in [0.29, 0.717) is 16.6 Å². The van der Waals surface area contributed by atoms with E-state index in [1.54, 1.807) is 6.07 Å². The van der Waals surface area contributed by atoms with E-state index < -0.39 is 0 Å². The SMILES string of the molecule is CC(NC(=O)CN1CCN(Cc2ccc(Cl)cc2Cl)CC1)c1ccccc1. The van der Waals surface area contributed by atoms with Crippen LogP contribution in [0.5, 0.6) is 0 Å². The first-order valence-electron chi connectivity index (χ1n) is 9.24. The van der Waals surface area contributed by atoms with Crippen LogP contribution in [0.2, 0.25) is 10.0 Å². The van der Waals surface area contributed by atoms with Crippen molar-refractivity contribution in [1.82, 2.24) is 15.1 Å². The standard InChI is InChI=1S/C21H25Cl2N3O/c1-16(17-5-3-2-4-6-17)24-21(27)15-26-11-9-25(10-12-26)14-18-7-8-19(22)13-20(18)23/h2-8,13,16H,9-12,14-15H2,1H3,(H,24,27). The molecule has 1 saturated heterocycles. The van der Waals surface area contributed by atoms with Crippen LogP contribution in [0.1, 0.15) is 24.1 Å². The van der Waals surface area contributed by atoms with Crippen LogP contribution >= 0.6 is 23.2 Å². The van der Waals surface area contributed by atoms with Crippen LogP contribution in [0.3, 0.4) is 0 Å². The van der Waals surface area contributed by atoms with Gasteiger partial charge in [-0.1, -0.05) is 59.6 Å². The van der Waals surface area contributed by atoms with Gasteiger partial charge in [-0.3, -0.25) is 14.6 Å². The molecule has 0 saturated carbocycles. The van der Waals surface area contributed by atoms with Crippen molar-refractivity contribution in [2.75, 3.05) is 32.7 Å². The molecule has 3 rings (SSSR count). The summed E-state index contributed by atoms with van der Waals surface area (Å²) in [5, 5.41) is 4.45. The van der Waals surface area contributed by atoms with Crippen LogP contribution in [-0.4, -0.2) is 48.4 Å². The Morgan fingerprint density at radius 1 is 1.04 bits per heavy atom. The lowest BCUT2D eigenvalue weighted by Gasteiger charge is -2.34. The van der Waals surface area contributed by atoms with Gasteiger partial charge in [-0.2, -0.15) is 0 Å². The van der Waals surface area contributed by atoms with Crippen LogP contribution in [0, 0.1) is 0 Å². The molecular weight excluding hydrogens is 381 g/mol. The van der Waals surface area contributed by atoms with Gasteiger partial charge in [0.2, 0.25) is 5.91 Å². The smallest absolute Gasteiger partial charge is 0.234 e. The zero-order valence-electron chi connectivity index (χ0n) is 15.5. The van der Waals surface area contributed by atoms with Gasteiger partial charge in [0.15, 0.2) is 0 Å². The van der Waals surface area contributed by atoms with Gasteiger partial charge in [0, 0.05) is 42.8 Å². The summed E-state index contributed by atoms with van der Waals surface area (Å²) in [4.78, 5) is 16.9. The van der Waals surface area contributed by atoms with Crippen molar-refractivity contribution in [1.29, 1.82) is 0 Å². The fourth-order valence-corrected chi connectivity index (χ4v) is 3.78.